The number of carbonyl (C=O) groups excluding carboxylic acids is 3. The average Bonchev–Trinajstić information content (AvgIpc) is 3.41. The Balaban J connectivity index is 1.28. The van der Waals surface area contributed by atoms with E-state index in [1.165, 1.54) is 19.3 Å². The highest BCUT2D eigenvalue weighted by molar-refractivity contribution is 7.10. The molecular formula is C31H40N4O4S. The van der Waals surface area contributed by atoms with Crippen molar-refractivity contribution in [3.63, 3.8) is 0 Å². The summed E-state index contributed by atoms with van der Waals surface area (Å²) in [6, 6.07) is 9.52. The molecule has 4 fully saturated rings. The Labute approximate surface area is 240 Å². The second kappa shape index (κ2) is 10.4. The Hall–Kier alpha value is -3.07. The van der Waals surface area contributed by atoms with Crippen LogP contribution < -0.4 is 10.2 Å². The maximum atomic E-state index is 14.4. The molecule has 9 heteroatoms. The fourth-order valence-electron chi connectivity index (χ4n) is 6.26. The van der Waals surface area contributed by atoms with Gasteiger partial charge in [-0.3, -0.25) is 9.59 Å². The second-order valence-corrected chi connectivity index (χ2v) is 14.0. The van der Waals surface area contributed by atoms with E-state index >= 15 is 0 Å². The molecule has 3 heterocycles. The van der Waals surface area contributed by atoms with Gasteiger partial charge in [0.15, 0.2) is 0 Å². The van der Waals surface area contributed by atoms with E-state index in [4.69, 9.17) is 4.74 Å². The molecule has 6 rings (SSSR count). The van der Waals surface area contributed by atoms with Gasteiger partial charge in [-0.2, -0.15) is 0 Å². The van der Waals surface area contributed by atoms with E-state index in [9.17, 15) is 14.4 Å². The number of thiophene rings is 1. The molecule has 0 radical (unpaired) electrons. The lowest BCUT2D eigenvalue weighted by atomic mass is 9.68. The molecule has 1 spiro atoms. The lowest BCUT2D eigenvalue weighted by molar-refractivity contribution is -0.117. The number of benzene rings is 1. The maximum absolute atomic E-state index is 14.4. The molecule has 2 saturated carbocycles. The first-order valence-corrected chi connectivity index (χ1v) is 15.5. The van der Waals surface area contributed by atoms with E-state index in [1.807, 2.05) is 61.4 Å². The number of hydrogen-bond acceptors (Lipinski definition) is 6. The predicted molar refractivity (Wildman–Crippen MR) is 157 cm³/mol. The van der Waals surface area contributed by atoms with Crippen molar-refractivity contribution in [2.24, 2.45) is 11.3 Å². The summed E-state index contributed by atoms with van der Waals surface area (Å²) in [4.78, 5) is 46.9. The van der Waals surface area contributed by atoms with Crippen LogP contribution in [0.1, 0.15) is 80.6 Å². The van der Waals surface area contributed by atoms with Gasteiger partial charge in [-0.25, -0.2) is 4.79 Å². The van der Waals surface area contributed by atoms with E-state index in [1.54, 1.807) is 16.2 Å². The smallest absolute Gasteiger partial charge is 0.410 e. The minimum absolute atomic E-state index is 0.0353. The number of hydrogen-bond donors (Lipinski definition) is 1. The van der Waals surface area contributed by atoms with Gasteiger partial charge in [-0.05, 0) is 87.9 Å². The molecule has 2 aliphatic carbocycles. The summed E-state index contributed by atoms with van der Waals surface area (Å²) in [6.07, 6.45) is 6.47. The highest BCUT2D eigenvalue weighted by Gasteiger charge is 2.44. The zero-order valence-corrected chi connectivity index (χ0v) is 24.6. The van der Waals surface area contributed by atoms with Crippen molar-refractivity contribution >= 4 is 40.6 Å². The van der Waals surface area contributed by atoms with Crippen molar-refractivity contribution in [2.75, 3.05) is 42.9 Å². The molecule has 1 aromatic heterocycles. The van der Waals surface area contributed by atoms with Crippen LogP contribution in [-0.2, 0) is 9.53 Å². The standard InChI is InChI=1S/C31H40N4O4S/c1-30(2,3)39-29(38)33-15-16-35(25(19-33)26-6-4-17-40-26)28(37)23-10-9-22(32-27(36)21-7-8-21)18-24(23)34-14-13-31(20-34)11-5-12-31/h4,6,9-10,17-18,21,25H,5,7-8,11-16,19-20H2,1-3H3,(H,32,36). The van der Waals surface area contributed by atoms with E-state index in [0.717, 1.165) is 48.6 Å². The van der Waals surface area contributed by atoms with Crippen molar-refractivity contribution in [2.45, 2.75) is 70.9 Å². The Kier molecular flexibility index (Phi) is 7.05. The monoisotopic (exact) mass is 564 g/mol. The Morgan fingerprint density at radius 2 is 1.85 bits per heavy atom. The van der Waals surface area contributed by atoms with E-state index in [-0.39, 0.29) is 29.9 Å². The lowest BCUT2D eigenvalue weighted by Gasteiger charge is -2.42. The maximum Gasteiger partial charge on any atom is 0.410 e. The summed E-state index contributed by atoms with van der Waals surface area (Å²) in [6.45, 7) is 8.70. The molecule has 2 aromatic rings. The molecule has 1 aromatic carbocycles. The minimum Gasteiger partial charge on any atom is -0.444 e. The molecule has 214 valence electrons. The quantitative estimate of drug-likeness (QED) is 0.488. The van der Waals surface area contributed by atoms with Crippen LogP contribution in [0.4, 0.5) is 16.2 Å². The van der Waals surface area contributed by atoms with Crippen LogP contribution in [0, 0.1) is 11.3 Å². The zero-order chi connectivity index (χ0) is 28.1. The molecule has 8 nitrogen and oxygen atoms in total. The number of amides is 3. The Morgan fingerprint density at radius 3 is 2.48 bits per heavy atom. The molecule has 0 bridgehead atoms. The van der Waals surface area contributed by atoms with Gasteiger partial charge in [0.2, 0.25) is 5.91 Å². The van der Waals surface area contributed by atoms with Gasteiger partial charge in [0.25, 0.3) is 5.91 Å². The highest BCUT2D eigenvalue weighted by Crippen LogP contribution is 2.49. The molecule has 2 aliphatic heterocycles. The number of nitrogens with zero attached hydrogens (tertiary/aromatic N) is 3. The summed E-state index contributed by atoms with van der Waals surface area (Å²) >= 11 is 1.60. The summed E-state index contributed by atoms with van der Waals surface area (Å²) < 4.78 is 5.66. The van der Waals surface area contributed by atoms with Crippen molar-refractivity contribution in [1.29, 1.82) is 0 Å². The Bertz CT molecular complexity index is 1280. The van der Waals surface area contributed by atoms with Crippen LogP contribution in [0.15, 0.2) is 35.7 Å². The van der Waals surface area contributed by atoms with Crippen molar-refractivity contribution in [1.82, 2.24) is 9.80 Å². The normalized spacial score (nSPS) is 22.3. The van der Waals surface area contributed by atoms with Gasteiger partial charge in [0.05, 0.1) is 17.3 Å². The lowest BCUT2D eigenvalue weighted by Crippen LogP contribution is -2.53. The van der Waals surface area contributed by atoms with E-state index in [0.29, 0.717) is 30.6 Å². The SMILES string of the molecule is CC(C)(C)OC(=O)N1CCN(C(=O)c2ccc(NC(=O)C3CC3)cc2N2CCC3(CCC3)C2)C(c2cccs2)C1. The molecule has 40 heavy (non-hydrogen) atoms. The number of piperazine rings is 1. The van der Waals surface area contributed by atoms with Crippen molar-refractivity contribution < 1.29 is 19.1 Å². The third kappa shape index (κ3) is 5.57. The van der Waals surface area contributed by atoms with Gasteiger partial charge < -0.3 is 24.8 Å². The number of carbonyl (C=O) groups is 3. The van der Waals surface area contributed by atoms with Crippen LogP contribution in [0.3, 0.4) is 0 Å². The molecule has 1 unspecified atom stereocenters. The first-order valence-electron chi connectivity index (χ1n) is 14.6. The van der Waals surface area contributed by atoms with E-state index in [2.05, 4.69) is 10.2 Å². The van der Waals surface area contributed by atoms with Crippen LogP contribution >= 0.6 is 11.3 Å². The molecule has 1 N–H and O–H groups in total. The fraction of sp³-hybridized carbons (Fsp3) is 0.581. The topological polar surface area (TPSA) is 82.2 Å². The van der Waals surface area contributed by atoms with Crippen molar-refractivity contribution in [3.05, 3.63) is 46.2 Å². The average molecular weight is 565 g/mol. The van der Waals surface area contributed by atoms with Crippen LogP contribution in [0.2, 0.25) is 0 Å². The number of rotatable bonds is 5. The Morgan fingerprint density at radius 1 is 1.05 bits per heavy atom. The highest BCUT2D eigenvalue weighted by atomic mass is 32.1. The predicted octanol–water partition coefficient (Wildman–Crippen LogP) is 5.91. The molecular weight excluding hydrogens is 524 g/mol. The van der Waals surface area contributed by atoms with Gasteiger partial charge in [-0.15, -0.1) is 11.3 Å². The third-order valence-electron chi connectivity index (χ3n) is 8.80. The van der Waals surface area contributed by atoms with Gasteiger partial charge >= 0.3 is 6.09 Å². The number of ether oxygens (including phenoxy) is 1. The number of nitrogens with one attached hydrogen (secondary N) is 1. The molecule has 2 saturated heterocycles. The number of anilines is 2. The molecule has 3 amide bonds. The largest absolute Gasteiger partial charge is 0.444 e. The third-order valence-corrected chi connectivity index (χ3v) is 9.78. The fourth-order valence-corrected chi connectivity index (χ4v) is 7.10. The molecule has 1 atom stereocenters. The van der Waals surface area contributed by atoms with Gasteiger partial charge in [0.1, 0.15) is 5.60 Å². The van der Waals surface area contributed by atoms with E-state index < -0.39 is 5.60 Å². The van der Waals surface area contributed by atoms with Crippen LogP contribution in [0.25, 0.3) is 0 Å². The summed E-state index contributed by atoms with van der Waals surface area (Å²) in [7, 11) is 0. The van der Waals surface area contributed by atoms with Crippen LogP contribution in [-0.4, -0.2) is 66.0 Å². The van der Waals surface area contributed by atoms with Gasteiger partial charge in [-0.1, -0.05) is 12.5 Å². The zero-order valence-electron chi connectivity index (χ0n) is 23.8. The first kappa shape index (κ1) is 27.1. The summed E-state index contributed by atoms with van der Waals surface area (Å²) in [5.41, 5.74) is 2.10. The molecule has 4 aliphatic rings. The minimum atomic E-state index is -0.582. The first-order chi connectivity index (χ1) is 19.1. The van der Waals surface area contributed by atoms with Crippen LogP contribution in [0.5, 0.6) is 0 Å². The summed E-state index contributed by atoms with van der Waals surface area (Å²) in [5.74, 6) is 0.146. The summed E-state index contributed by atoms with van der Waals surface area (Å²) in [5, 5.41) is 5.09. The van der Waals surface area contributed by atoms with Crippen molar-refractivity contribution in [3.8, 4) is 0 Å². The second-order valence-electron chi connectivity index (χ2n) is 13.0. The van der Waals surface area contributed by atoms with Gasteiger partial charge in [0, 0.05) is 49.2 Å².